The highest BCUT2D eigenvalue weighted by molar-refractivity contribution is 5.91. The standard InChI is InChI=1S/C16H18N2O3/c1-11(12-7-9-13(21-2)10-8-12)17-16(20)18-14-5-3-4-6-15(14)19/h3-11,19H,1-2H3,(H2,17,18,20). The Morgan fingerprint density at radius 1 is 1.14 bits per heavy atom. The topological polar surface area (TPSA) is 70.6 Å². The van der Waals surface area contributed by atoms with Gasteiger partial charge in [0, 0.05) is 0 Å². The molecule has 0 aliphatic heterocycles. The van der Waals surface area contributed by atoms with Crippen LogP contribution in [0.5, 0.6) is 11.5 Å². The Morgan fingerprint density at radius 3 is 2.43 bits per heavy atom. The Morgan fingerprint density at radius 2 is 1.81 bits per heavy atom. The van der Waals surface area contributed by atoms with E-state index in [9.17, 15) is 9.90 Å². The van der Waals surface area contributed by atoms with Crippen molar-refractivity contribution in [3.63, 3.8) is 0 Å². The van der Waals surface area contributed by atoms with Crippen LogP contribution in [0.3, 0.4) is 0 Å². The summed E-state index contributed by atoms with van der Waals surface area (Å²) < 4.78 is 5.09. The fourth-order valence-corrected chi connectivity index (χ4v) is 1.91. The van der Waals surface area contributed by atoms with Crippen LogP contribution >= 0.6 is 0 Å². The maximum atomic E-state index is 11.9. The van der Waals surface area contributed by atoms with Gasteiger partial charge in [-0.1, -0.05) is 24.3 Å². The fourth-order valence-electron chi connectivity index (χ4n) is 1.91. The summed E-state index contributed by atoms with van der Waals surface area (Å²) in [6.07, 6.45) is 0. The van der Waals surface area contributed by atoms with E-state index in [2.05, 4.69) is 10.6 Å². The van der Waals surface area contributed by atoms with Crippen LogP contribution in [-0.2, 0) is 0 Å². The van der Waals surface area contributed by atoms with Crippen LogP contribution < -0.4 is 15.4 Å². The van der Waals surface area contributed by atoms with Crippen LogP contribution in [0.4, 0.5) is 10.5 Å². The van der Waals surface area contributed by atoms with E-state index in [4.69, 9.17) is 4.74 Å². The first-order valence-corrected chi connectivity index (χ1v) is 6.59. The maximum absolute atomic E-state index is 11.9. The summed E-state index contributed by atoms with van der Waals surface area (Å²) in [5.74, 6) is 0.800. The third-order valence-corrected chi connectivity index (χ3v) is 3.12. The molecule has 0 heterocycles. The molecule has 0 aliphatic rings. The van der Waals surface area contributed by atoms with Gasteiger partial charge in [0.25, 0.3) is 0 Å². The summed E-state index contributed by atoms with van der Waals surface area (Å²) >= 11 is 0. The number of phenolic OH excluding ortho intramolecular Hbond substituents is 1. The van der Waals surface area contributed by atoms with E-state index in [0.29, 0.717) is 5.69 Å². The summed E-state index contributed by atoms with van der Waals surface area (Å²) in [7, 11) is 1.61. The first-order valence-electron chi connectivity index (χ1n) is 6.59. The number of hydrogen-bond acceptors (Lipinski definition) is 3. The summed E-state index contributed by atoms with van der Waals surface area (Å²) in [5.41, 5.74) is 1.33. The van der Waals surface area contributed by atoms with Crippen LogP contribution in [0.1, 0.15) is 18.5 Å². The predicted octanol–water partition coefficient (Wildman–Crippen LogP) is 3.28. The molecule has 0 saturated carbocycles. The Balaban J connectivity index is 1.97. The monoisotopic (exact) mass is 286 g/mol. The van der Waals surface area contributed by atoms with Crippen molar-refractivity contribution in [2.24, 2.45) is 0 Å². The maximum Gasteiger partial charge on any atom is 0.319 e. The Kier molecular flexibility index (Phi) is 4.66. The number of carbonyl (C=O) groups is 1. The van der Waals surface area contributed by atoms with Gasteiger partial charge in [0.1, 0.15) is 11.5 Å². The minimum atomic E-state index is -0.375. The van der Waals surface area contributed by atoms with E-state index in [-0.39, 0.29) is 17.8 Å². The van der Waals surface area contributed by atoms with E-state index in [1.165, 1.54) is 6.07 Å². The van der Waals surface area contributed by atoms with Crippen LogP contribution in [-0.4, -0.2) is 18.2 Å². The van der Waals surface area contributed by atoms with Crippen molar-refractivity contribution in [3.8, 4) is 11.5 Å². The predicted molar refractivity (Wildman–Crippen MR) is 81.7 cm³/mol. The van der Waals surface area contributed by atoms with Crippen LogP contribution in [0.15, 0.2) is 48.5 Å². The molecule has 2 aromatic carbocycles. The smallest absolute Gasteiger partial charge is 0.319 e. The molecule has 110 valence electrons. The second-order valence-corrected chi connectivity index (χ2v) is 4.61. The third kappa shape index (κ3) is 3.89. The first-order chi connectivity index (χ1) is 10.1. The number of carbonyl (C=O) groups excluding carboxylic acids is 1. The van der Waals surface area contributed by atoms with Crippen molar-refractivity contribution in [2.45, 2.75) is 13.0 Å². The Hall–Kier alpha value is -2.69. The quantitative estimate of drug-likeness (QED) is 0.755. The average molecular weight is 286 g/mol. The fraction of sp³-hybridized carbons (Fsp3) is 0.188. The molecule has 0 aromatic heterocycles. The molecule has 0 spiro atoms. The lowest BCUT2D eigenvalue weighted by molar-refractivity contribution is 0.249. The van der Waals surface area contributed by atoms with Crippen molar-refractivity contribution in [1.29, 1.82) is 0 Å². The number of nitrogens with one attached hydrogen (secondary N) is 2. The second-order valence-electron chi connectivity index (χ2n) is 4.61. The van der Waals surface area contributed by atoms with Gasteiger partial charge in [-0.15, -0.1) is 0 Å². The van der Waals surface area contributed by atoms with E-state index in [1.54, 1.807) is 25.3 Å². The van der Waals surface area contributed by atoms with Gasteiger partial charge >= 0.3 is 6.03 Å². The number of methoxy groups -OCH3 is 1. The first kappa shape index (κ1) is 14.7. The number of rotatable bonds is 4. The molecule has 0 radical (unpaired) electrons. The number of ether oxygens (including phenoxy) is 1. The Labute approximate surface area is 123 Å². The zero-order chi connectivity index (χ0) is 15.2. The summed E-state index contributed by atoms with van der Waals surface area (Å²) in [6.45, 7) is 1.88. The summed E-state index contributed by atoms with van der Waals surface area (Å²) in [4.78, 5) is 11.9. The number of para-hydroxylation sites is 2. The Bertz CT molecular complexity index is 611. The average Bonchev–Trinajstić information content (AvgIpc) is 2.49. The number of phenols is 1. The minimum absolute atomic E-state index is 0.0322. The zero-order valence-corrected chi connectivity index (χ0v) is 12.0. The third-order valence-electron chi connectivity index (χ3n) is 3.12. The van der Waals surface area contributed by atoms with Crippen LogP contribution in [0, 0.1) is 0 Å². The van der Waals surface area contributed by atoms with Crippen LogP contribution in [0.25, 0.3) is 0 Å². The minimum Gasteiger partial charge on any atom is -0.506 e. The molecule has 2 amide bonds. The highest BCUT2D eigenvalue weighted by Crippen LogP contribution is 2.22. The molecule has 0 aliphatic carbocycles. The van der Waals surface area contributed by atoms with Crippen molar-refractivity contribution < 1.29 is 14.6 Å². The number of hydrogen-bond donors (Lipinski definition) is 3. The van der Waals surface area contributed by atoms with E-state index >= 15 is 0 Å². The molecule has 2 rings (SSSR count). The molecule has 1 unspecified atom stereocenters. The number of aromatic hydroxyl groups is 1. The molecule has 0 bridgehead atoms. The van der Waals surface area contributed by atoms with E-state index < -0.39 is 0 Å². The lowest BCUT2D eigenvalue weighted by atomic mass is 10.1. The van der Waals surface area contributed by atoms with Gasteiger partial charge in [-0.2, -0.15) is 0 Å². The lowest BCUT2D eigenvalue weighted by Gasteiger charge is -2.15. The summed E-state index contributed by atoms with van der Waals surface area (Å²) in [5, 5.41) is 15.0. The highest BCUT2D eigenvalue weighted by atomic mass is 16.5. The molecule has 5 nitrogen and oxygen atoms in total. The zero-order valence-electron chi connectivity index (χ0n) is 12.0. The van der Waals surface area contributed by atoms with Crippen molar-refractivity contribution >= 4 is 11.7 Å². The molecule has 2 aromatic rings. The van der Waals surface area contributed by atoms with E-state index in [1.807, 2.05) is 31.2 Å². The second kappa shape index (κ2) is 6.65. The van der Waals surface area contributed by atoms with Crippen molar-refractivity contribution in [1.82, 2.24) is 5.32 Å². The molecule has 1 atom stereocenters. The molecule has 3 N–H and O–H groups in total. The molecular formula is C16H18N2O3. The van der Waals surface area contributed by atoms with E-state index in [0.717, 1.165) is 11.3 Å². The highest BCUT2D eigenvalue weighted by Gasteiger charge is 2.11. The normalized spacial score (nSPS) is 11.5. The molecular weight excluding hydrogens is 268 g/mol. The van der Waals surface area contributed by atoms with Gasteiger partial charge < -0.3 is 20.5 Å². The summed E-state index contributed by atoms with van der Waals surface area (Å²) in [6, 6.07) is 13.5. The van der Waals surface area contributed by atoms with Gasteiger partial charge in [-0.05, 0) is 36.8 Å². The molecule has 21 heavy (non-hydrogen) atoms. The number of benzene rings is 2. The largest absolute Gasteiger partial charge is 0.506 e. The van der Waals surface area contributed by atoms with Gasteiger partial charge in [-0.25, -0.2) is 4.79 Å². The number of urea groups is 1. The number of anilines is 1. The molecule has 0 saturated heterocycles. The molecule has 0 fully saturated rings. The van der Waals surface area contributed by atoms with Gasteiger partial charge in [0.05, 0.1) is 18.8 Å². The SMILES string of the molecule is COc1ccc(C(C)NC(=O)Nc2ccccc2O)cc1. The lowest BCUT2D eigenvalue weighted by Crippen LogP contribution is -2.31. The van der Waals surface area contributed by atoms with Crippen molar-refractivity contribution in [3.05, 3.63) is 54.1 Å². The van der Waals surface area contributed by atoms with Crippen molar-refractivity contribution in [2.75, 3.05) is 12.4 Å². The van der Waals surface area contributed by atoms with Gasteiger partial charge in [-0.3, -0.25) is 0 Å². The number of amides is 2. The van der Waals surface area contributed by atoms with Gasteiger partial charge in [0.2, 0.25) is 0 Å². The van der Waals surface area contributed by atoms with Crippen LogP contribution in [0.2, 0.25) is 0 Å². The van der Waals surface area contributed by atoms with Gasteiger partial charge in [0.15, 0.2) is 0 Å². The molecule has 5 heteroatoms.